The van der Waals surface area contributed by atoms with Crippen LogP contribution in [0.2, 0.25) is 0 Å². The summed E-state index contributed by atoms with van der Waals surface area (Å²) in [5.74, 6) is -0.680. The Hall–Kier alpha value is -2.20. The van der Waals surface area contributed by atoms with E-state index < -0.39 is 27.7 Å². The van der Waals surface area contributed by atoms with Crippen molar-refractivity contribution in [3.63, 3.8) is 0 Å². The number of ether oxygens (including phenoxy) is 1. The molecule has 130 valence electrons. The summed E-state index contributed by atoms with van der Waals surface area (Å²) >= 11 is 1.03. The molecule has 0 saturated heterocycles. The Morgan fingerprint density at radius 3 is 2.71 bits per heavy atom. The van der Waals surface area contributed by atoms with Gasteiger partial charge < -0.3 is 15.8 Å². The summed E-state index contributed by atoms with van der Waals surface area (Å²) in [6.07, 6.45) is 1.48. The van der Waals surface area contributed by atoms with Crippen molar-refractivity contribution in [2.75, 3.05) is 12.9 Å². The maximum Gasteiger partial charge on any atom is 0.258 e. The zero-order valence-corrected chi connectivity index (χ0v) is 14.7. The second-order valence-corrected chi connectivity index (χ2v) is 8.32. The van der Waals surface area contributed by atoms with Crippen molar-refractivity contribution in [2.24, 2.45) is 5.73 Å². The van der Waals surface area contributed by atoms with E-state index in [0.717, 1.165) is 17.6 Å². The monoisotopic (exact) mass is 371 g/mol. The largest absolute Gasteiger partial charge is 0.484 e. The molecule has 1 atom stereocenters. The van der Waals surface area contributed by atoms with Crippen LogP contribution in [0.15, 0.2) is 22.5 Å². The number of nitrogens with zero attached hydrogens (tertiary/aromatic N) is 1. The van der Waals surface area contributed by atoms with Gasteiger partial charge in [-0.05, 0) is 24.6 Å². The first-order valence-electron chi connectivity index (χ1n) is 7.03. The Kier molecular flexibility index (Phi) is 5.40. The number of rotatable bonds is 7. The molecule has 0 saturated carbocycles. The molecule has 0 radical (unpaired) electrons. The van der Waals surface area contributed by atoms with Crippen molar-refractivity contribution in [1.82, 2.24) is 10.3 Å². The number of amides is 2. The van der Waals surface area contributed by atoms with Gasteiger partial charge in [-0.2, -0.15) is 0 Å². The van der Waals surface area contributed by atoms with Crippen molar-refractivity contribution in [2.45, 2.75) is 23.7 Å². The number of sulfone groups is 1. The highest BCUT2D eigenvalue weighted by molar-refractivity contribution is 7.92. The summed E-state index contributed by atoms with van der Waals surface area (Å²) < 4.78 is 29.1. The lowest BCUT2D eigenvalue weighted by Crippen LogP contribution is -2.45. The van der Waals surface area contributed by atoms with Gasteiger partial charge in [-0.1, -0.05) is 6.92 Å². The summed E-state index contributed by atoms with van der Waals surface area (Å²) in [5.41, 5.74) is 5.69. The maximum atomic E-state index is 11.8. The average Bonchev–Trinajstić information content (AvgIpc) is 2.93. The minimum absolute atomic E-state index is 0.0274. The molecule has 0 bridgehead atoms. The van der Waals surface area contributed by atoms with Crippen molar-refractivity contribution < 1.29 is 22.7 Å². The Labute approximate surface area is 142 Å². The van der Waals surface area contributed by atoms with E-state index >= 15 is 0 Å². The van der Waals surface area contributed by atoms with Crippen LogP contribution in [0.4, 0.5) is 0 Å². The van der Waals surface area contributed by atoms with Crippen molar-refractivity contribution in [1.29, 1.82) is 0 Å². The highest BCUT2D eigenvalue weighted by Gasteiger charge is 2.17. The van der Waals surface area contributed by atoms with Crippen molar-refractivity contribution in [3.8, 4) is 5.75 Å². The van der Waals surface area contributed by atoms with E-state index in [1.54, 1.807) is 25.1 Å². The fraction of sp³-hybridized carbons (Fsp3) is 0.357. The fourth-order valence-electron chi connectivity index (χ4n) is 1.89. The number of carbonyl (C=O) groups is 2. The number of benzene rings is 1. The minimum Gasteiger partial charge on any atom is -0.484 e. The predicted octanol–water partition coefficient (Wildman–Crippen LogP) is 0.459. The first kappa shape index (κ1) is 18.1. The number of carbonyl (C=O) groups excluding carboxylic acids is 2. The van der Waals surface area contributed by atoms with Gasteiger partial charge in [0.05, 0.1) is 10.2 Å². The van der Waals surface area contributed by atoms with Gasteiger partial charge in [0.25, 0.3) is 5.91 Å². The molecule has 0 fully saturated rings. The zero-order chi connectivity index (χ0) is 17.9. The molecule has 2 amide bonds. The number of hydrogen-bond acceptors (Lipinski definition) is 7. The summed E-state index contributed by atoms with van der Waals surface area (Å²) in [5, 5.41) is 2.47. The van der Waals surface area contributed by atoms with Gasteiger partial charge in [-0.15, -0.1) is 11.3 Å². The number of primary amides is 1. The first-order chi connectivity index (χ1) is 11.2. The van der Waals surface area contributed by atoms with Gasteiger partial charge in [0.1, 0.15) is 11.8 Å². The van der Waals surface area contributed by atoms with E-state index in [4.69, 9.17) is 10.5 Å². The van der Waals surface area contributed by atoms with Crippen LogP contribution >= 0.6 is 11.3 Å². The molecule has 2 rings (SSSR count). The molecule has 8 nitrogen and oxygen atoms in total. The molecule has 1 aromatic heterocycles. The van der Waals surface area contributed by atoms with Gasteiger partial charge in [0.15, 0.2) is 6.61 Å². The third-order valence-electron chi connectivity index (χ3n) is 3.11. The van der Waals surface area contributed by atoms with Gasteiger partial charge >= 0.3 is 0 Å². The Bertz CT molecular complexity index is 876. The van der Waals surface area contributed by atoms with E-state index in [9.17, 15) is 18.0 Å². The topological polar surface area (TPSA) is 128 Å². The number of aromatic nitrogens is 1. The molecule has 1 aromatic carbocycles. The molecular weight excluding hydrogens is 354 g/mol. The van der Waals surface area contributed by atoms with E-state index in [1.165, 1.54) is 0 Å². The summed E-state index contributed by atoms with van der Waals surface area (Å²) in [7, 11) is -3.37. The van der Waals surface area contributed by atoms with Crippen LogP contribution in [-0.2, 0) is 19.4 Å². The zero-order valence-electron chi connectivity index (χ0n) is 13.1. The van der Waals surface area contributed by atoms with Crippen molar-refractivity contribution >= 4 is 43.2 Å². The smallest absolute Gasteiger partial charge is 0.258 e. The molecule has 0 aliphatic carbocycles. The average molecular weight is 371 g/mol. The number of nitrogens with one attached hydrogen (secondary N) is 1. The van der Waals surface area contributed by atoms with Gasteiger partial charge in [0, 0.05) is 6.26 Å². The van der Waals surface area contributed by atoms with E-state index in [-0.39, 0.29) is 10.9 Å². The van der Waals surface area contributed by atoms with Crippen LogP contribution in [0.5, 0.6) is 5.75 Å². The van der Waals surface area contributed by atoms with E-state index in [0.29, 0.717) is 22.4 Å². The lowest BCUT2D eigenvalue weighted by molar-refractivity contribution is -0.128. The maximum absolute atomic E-state index is 11.8. The fourth-order valence-corrected chi connectivity index (χ4v) is 3.76. The summed E-state index contributed by atoms with van der Waals surface area (Å²) in [6, 6.07) is 4.08. The van der Waals surface area contributed by atoms with Crippen LogP contribution in [-0.4, -0.2) is 44.1 Å². The van der Waals surface area contributed by atoms with Gasteiger partial charge in [0.2, 0.25) is 20.1 Å². The molecule has 3 N–H and O–H groups in total. The van der Waals surface area contributed by atoms with E-state index in [1.807, 2.05) is 0 Å². The Balaban J connectivity index is 2.05. The number of fused-ring (bicyclic) bond motifs is 1. The molecule has 1 unspecified atom stereocenters. The molecule has 24 heavy (non-hydrogen) atoms. The summed E-state index contributed by atoms with van der Waals surface area (Å²) in [4.78, 5) is 26.9. The van der Waals surface area contributed by atoms with Gasteiger partial charge in [-0.25, -0.2) is 13.4 Å². The second kappa shape index (κ2) is 7.14. The van der Waals surface area contributed by atoms with Crippen LogP contribution in [0, 0.1) is 0 Å². The molecule has 0 aliphatic rings. The quantitative estimate of drug-likeness (QED) is 0.727. The molecule has 1 heterocycles. The second-order valence-electron chi connectivity index (χ2n) is 5.10. The van der Waals surface area contributed by atoms with Crippen LogP contribution in [0.3, 0.4) is 0 Å². The molecule has 10 heteroatoms. The highest BCUT2D eigenvalue weighted by atomic mass is 32.2. The minimum atomic E-state index is -3.37. The normalized spacial score (nSPS) is 12.8. The van der Waals surface area contributed by atoms with Crippen LogP contribution in [0.25, 0.3) is 10.2 Å². The first-order valence-corrected chi connectivity index (χ1v) is 9.73. The van der Waals surface area contributed by atoms with Crippen LogP contribution in [0.1, 0.15) is 13.3 Å². The number of thiazole rings is 1. The lowest BCUT2D eigenvalue weighted by atomic mass is 10.2. The molecule has 2 aromatic rings. The third kappa shape index (κ3) is 4.42. The van der Waals surface area contributed by atoms with Crippen molar-refractivity contribution in [3.05, 3.63) is 18.2 Å². The summed E-state index contributed by atoms with van der Waals surface area (Å²) in [6.45, 7) is 1.45. The molecule has 0 aliphatic heterocycles. The van der Waals surface area contributed by atoms with E-state index in [2.05, 4.69) is 10.3 Å². The lowest BCUT2D eigenvalue weighted by Gasteiger charge is -2.13. The third-order valence-corrected chi connectivity index (χ3v) is 5.81. The molecule has 0 spiro atoms. The number of hydrogen-bond donors (Lipinski definition) is 2. The van der Waals surface area contributed by atoms with Crippen LogP contribution < -0.4 is 15.8 Å². The highest BCUT2D eigenvalue weighted by Crippen LogP contribution is 2.28. The standard InChI is InChI=1S/C14H17N3O5S2/c1-3-9(13(15)19)16-12(18)7-22-8-4-5-10-11(6-8)23-14(17-10)24(2,20)21/h4-6,9H,3,7H2,1-2H3,(H2,15,19)(H,16,18). The predicted molar refractivity (Wildman–Crippen MR) is 89.6 cm³/mol. The Morgan fingerprint density at radius 2 is 2.12 bits per heavy atom. The Morgan fingerprint density at radius 1 is 1.42 bits per heavy atom. The van der Waals surface area contributed by atoms with Gasteiger partial charge in [-0.3, -0.25) is 9.59 Å². The number of nitrogens with two attached hydrogens (primary N) is 1. The SMILES string of the molecule is CCC(NC(=O)COc1ccc2nc(S(C)(=O)=O)sc2c1)C(N)=O. The molecular formula is C14H17N3O5S2.